The lowest BCUT2D eigenvalue weighted by atomic mass is 10.1. The van der Waals surface area contributed by atoms with Gasteiger partial charge in [-0.1, -0.05) is 18.2 Å². The molecule has 0 saturated carbocycles. The lowest BCUT2D eigenvalue weighted by Crippen LogP contribution is -2.51. The number of hydrogen-bond donors (Lipinski definition) is 1. The van der Waals surface area contributed by atoms with Gasteiger partial charge in [0.1, 0.15) is 18.4 Å². The van der Waals surface area contributed by atoms with Gasteiger partial charge in [0.15, 0.2) is 11.5 Å². The van der Waals surface area contributed by atoms with E-state index >= 15 is 0 Å². The van der Waals surface area contributed by atoms with E-state index in [1.165, 1.54) is 51.2 Å². The minimum absolute atomic E-state index is 0.0122. The van der Waals surface area contributed by atoms with Crippen molar-refractivity contribution in [3.63, 3.8) is 0 Å². The number of nitrogens with one attached hydrogen (secondary N) is 1. The summed E-state index contributed by atoms with van der Waals surface area (Å²) in [5.41, 5.74) is 0.419. The van der Waals surface area contributed by atoms with Gasteiger partial charge in [-0.25, -0.2) is 12.8 Å². The van der Waals surface area contributed by atoms with Gasteiger partial charge in [0, 0.05) is 25.2 Å². The number of ether oxygens (including phenoxy) is 2. The Labute approximate surface area is 192 Å². The Balaban J connectivity index is 1.95. The number of anilines is 1. The fourth-order valence-electron chi connectivity index (χ4n) is 3.36. The number of sulfonamides is 1. The molecule has 0 aliphatic carbocycles. The minimum Gasteiger partial charge on any atom is -0.454 e. The number of hydrogen-bond acceptors (Lipinski definition) is 6. The highest BCUT2D eigenvalue weighted by molar-refractivity contribution is 7.92. The molecule has 0 fully saturated rings. The lowest BCUT2D eigenvalue weighted by Gasteiger charge is -2.31. The average Bonchev–Trinajstić information content (AvgIpc) is 3.28. The summed E-state index contributed by atoms with van der Waals surface area (Å²) in [7, 11) is -2.46. The summed E-state index contributed by atoms with van der Waals surface area (Å²) in [4.78, 5) is 26.8. The van der Waals surface area contributed by atoms with Crippen LogP contribution in [-0.2, 0) is 26.2 Å². The topological polar surface area (TPSA) is 105 Å². The summed E-state index contributed by atoms with van der Waals surface area (Å²) < 4.78 is 51.6. The third kappa shape index (κ3) is 5.36. The summed E-state index contributed by atoms with van der Waals surface area (Å²) in [5.74, 6) is -1.09. The predicted molar refractivity (Wildman–Crippen MR) is 120 cm³/mol. The molecule has 1 aliphatic heterocycles. The Morgan fingerprint density at radius 1 is 1.15 bits per heavy atom. The normalized spacial score (nSPS) is 13.3. The molecule has 0 radical (unpaired) electrons. The molecular weight excluding hydrogens is 453 g/mol. The van der Waals surface area contributed by atoms with E-state index in [-0.39, 0.29) is 30.3 Å². The first-order valence-corrected chi connectivity index (χ1v) is 11.9. The molecule has 2 aromatic carbocycles. The Hall–Kier alpha value is -3.34. The van der Waals surface area contributed by atoms with Gasteiger partial charge in [-0.05, 0) is 32.0 Å². The van der Waals surface area contributed by atoms with E-state index in [2.05, 4.69) is 5.32 Å². The maximum Gasteiger partial charge on any atom is 0.244 e. The van der Waals surface area contributed by atoms with Crippen molar-refractivity contribution in [2.75, 3.05) is 30.4 Å². The van der Waals surface area contributed by atoms with Crippen LogP contribution in [-0.4, -0.2) is 57.3 Å². The molecule has 0 aromatic heterocycles. The van der Waals surface area contributed by atoms with Gasteiger partial charge >= 0.3 is 0 Å². The molecule has 1 atom stereocenters. The monoisotopic (exact) mass is 479 g/mol. The van der Waals surface area contributed by atoms with Crippen LogP contribution >= 0.6 is 0 Å². The molecule has 1 heterocycles. The number of benzene rings is 2. The third-order valence-corrected chi connectivity index (χ3v) is 7.08. The fraction of sp³-hybridized carbons (Fsp3) is 0.364. The van der Waals surface area contributed by atoms with E-state index in [9.17, 15) is 22.4 Å². The van der Waals surface area contributed by atoms with Crippen LogP contribution in [0.5, 0.6) is 11.5 Å². The van der Waals surface area contributed by atoms with E-state index in [4.69, 9.17) is 9.47 Å². The van der Waals surface area contributed by atoms with Gasteiger partial charge in [0.25, 0.3) is 0 Å². The van der Waals surface area contributed by atoms with Crippen LogP contribution in [0.25, 0.3) is 0 Å². The van der Waals surface area contributed by atoms with Crippen LogP contribution in [0.1, 0.15) is 19.4 Å². The number of rotatable bonds is 9. The van der Waals surface area contributed by atoms with Crippen LogP contribution in [0.2, 0.25) is 0 Å². The van der Waals surface area contributed by atoms with Gasteiger partial charge in [0.05, 0.1) is 11.4 Å². The van der Waals surface area contributed by atoms with Crippen LogP contribution in [0.4, 0.5) is 10.1 Å². The van der Waals surface area contributed by atoms with Crippen molar-refractivity contribution >= 4 is 27.5 Å². The van der Waals surface area contributed by atoms with Gasteiger partial charge in [-0.3, -0.25) is 13.9 Å². The Morgan fingerprint density at radius 3 is 2.52 bits per heavy atom. The van der Waals surface area contributed by atoms with Crippen molar-refractivity contribution in [1.82, 2.24) is 10.2 Å². The first-order chi connectivity index (χ1) is 15.7. The van der Waals surface area contributed by atoms with Crippen molar-refractivity contribution < 1.29 is 31.9 Å². The zero-order chi connectivity index (χ0) is 24.2. The standard InChI is InChI=1S/C22H26FN3O6S/c1-4-33(29,30)26(17-9-10-19-20(11-17)32-14-31-19)13-21(27)25(15(2)22(28)24-3)12-16-7-5-6-8-18(16)23/h5-11,15H,4,12-14H2,1-3H3,(H,24,28)/t15-/m0/s1. The van der Waals surface area contributed by atoms with Crippen LogP contribution < -0.4 is 19.1 Å². The highest BCUT2D eigenvalue weighted by atomic mass is 32.2. The third-order valence-electron chi connectivity index (χ3n) is 5.34. The van der Waals surface area contributed by atoms with Gasteiger partial charge in [0.2, 0.25) is 28.6 Å². The first-order valence-electron chi connectivity index (χ1n) is 10.3. The van der Waals surface area contributed by atoms with Gasteiger partial charge in [-0.2, -0.15) is 0 Å². The molecule has 9 nitrogen and oxygen atoms in total. The molecule has 0 saturated heterocycles. The maximum atomic E-state index is 14.3. The molecule has 178 valence electrons. The molecule has 0 bridgehead atoms. The van der Waals surface area contributed by atoms with E-state index < -0.39 is 40.2 Å². The zero-order valence-corrected chi connectivity index (χ0v) is 19.4. The number of likely N-dealkylation sites (N-methyl/N-ethyl adjacent to an activating group) is 1. The van der Waals surface area contributed by atoms with E-state index in [1.807, 2.05) is 0 Å². The average molecular weight is 480 g/mol. The molecule has 0 spiro atoms. The fourth-order valence-corrected chi connectivity index (χ4v) is 4.42. The van der Waals surface area contributed by atoms with Gasteiger partial charge < -0.3 is 19.7 Å². The summed E-state index contributed by atoms with van der Waals surface area (Å²) in [6, 6.07) is 9.47. The van der Waals surface area contributed by atoms with Crippen LogP contribution in [0.3, 0.4) is 0 Å². The van der Waals surface area contributed by atoms with Crippen molar-refractivity contribution in [2.45, 2.75) is 26.4 Å². The SMILES string of the molecule is CCS(=O)(=O)N(CC(=O)N(Cc1ccccc1F)[C@@H](C)C(=O)NC)c1ccc2c(c1)OCO2. The van der Waals surface area contributed by atoms with E-state index in [0.29, 0.717) is 11.5 Å². The molecule has 2 aromatic rings. The highest BCUT2D eigenvalue weighted by Crippen LogP contribution is 2.36. The molecular formula is C22H26FN3O6S. The second kappa shape index (κ2) is 10.1. The molecule has 1 aliphatic rings. The van der Waals surface area contributed by atoms with Gasteiger partial charge in [-0.15, -0.1) is 0 Å². The van der Waals surface area contributed by atoms with E-state index in [1.54, 1.807) is 12.1 Å². The predicted octanol–water partition coefficient (Wildman–Crippen LogP) is 1.87. The van der Waals surface area contributed by atoms with E-state index in [0.717, 1.165) is 9.21 Å². The molecule has 1 N–H and O–H groups in total. The Kier molecular flexibility index (Phi) is 7.42. The number of fused-ring (bicyclic) bond motifs is 1. The summed E-state index contributed by atoms with van der Waals surface area (Å²) in [5, 5.41) is 2.47. The quantitative estimate of drug-likeness (QED) is 0.589. The second-order valence-electron chi connectivity index (χ2n) is 7.35. The highest BCUT2D eigenvalue weighted by Gasteiger charge is 2.31. The molecule has 11 heteroatoms. The molecule has 0 unspecified atom stereocenters. The summed E-state index contributed by atoms with van der Waals surface area (Å²) >= 11 is 0. The largest absolute Gasteiger partial charge is 0.454 e. The van der Waals surface area contributed by atoms with Crippen molar-refractivity contribution in [2.24, 2.45) is 0 Å². The van der Waals surface area contributed by atoms with Crippen molar-refractivity contribution in [3.8, 4) is 11.5 Å². The van der Waals surface area contributed by atoms with Crippen LogP contribution in [0.15, 0.2) is 42.5 Å². The Bertz CT molecular complexity index is 1140. The molecule has 2 amide bonds. The number of carbonyl (C=O) groups excluding carboxylic acids is 2. The Morgan fingerprint density at radius 2 is 1.85 bits per heavy atom. The minimum atomic E-state index is -3.88. The molecule has 33 heavy (non-hydrogen) atoms. The first kappa shape index (κ1) is 24.3. The zero-order valence-electron chi connectivity index (χ0n) is 18.6. The lowest BCUT2D eigenvalue weighted by molar-refractivity contribution is -0.139. The number of nitrogens with zero attached hydrogens (tertiary/aromatic N) is 2. The maximum absolute atomic E-state index is 14.3. The summed E-state index contributed by atoms with van der Waals surface area (Å²) in [6.45, 7) is 2.19. The number of carbonyl (C=O) groups is 2. The summed E-state index contributed by atoms with van der Waals surface area (Å²) in [6.07, 6.45) is 0. The second-order valence-corrected chi connectivity index (χ2v) is 9.53. The van der Waals surface area contributed by atoms with Crippen molar-refractivity contribution in [1.29, 1.82) is 0 Å². The van der Waals surface area contributed by atoms with Crippen LogP contribution in [0, 0.1) is 5.82 Å². The van der Waals surface area contributed by atoms with Crippen molar-refractivity contribution in [3.05, 3.63) is 53.8 Å². The molecule has 3 rings (SSSR count). The number of halogens is 1. The number of amides is 2. The smallest absolute Gasteiger partial charge is 0.244 e.